The van der Waals surface area contributed by atoms with Gasteiger partial charge in [0.2, 0.25) is 15.9 Å². The maximum Gasteiger partial charge on any atom is 0.279 e. The van der Waals surface area contributed by atoms with Crippen molar-refractivity contribution in [3.63, 3.8) is 0 Å². The number of piperazine rings is 1. The molecule has 0 bridgehead atoms. The summed E-state index contributed by atoms with van der Waals surface area (Å²) in [4.78, 5) is 29.9. The van der Waals surface area contributed by atoms with Crippen LogP contribution in [0.3, 0.4) is 0 Å². The first-order chi connectivity index (χ1) is 19.8. The van der Waals surface area contributed by atoms with E-state index in [1.54, 1.807) is 0 Å². The van der Waals surface area contributed by atoms with E-state index in [-0.39, 0.29) is 27.7 Å². The molecule has 0 atom stereocenters. The summed E-state index contributed by atoms with van der Waals surface area (Å²) >= 11 is 0. The Morgan fingerprint density at radius 1 is 1.00 bits per heavy atom. The van der Waals surface area contributed by atoms with Gasteiger partial charge in [-0.3, -0.25) is 14.4 Å². The molecule has 0 unspecified atom stereocenters. The minimum absolute atomic E-state index is 0.0404. The van der Waals surface area contributed by atoms with Gasteiger partial charge >= 0.3 is 0 Å². The lowest BCUT2D eigenvalue weighted by Gasteiger charge is -2.33. The van der Waals surface area contributed by atoms with Crippen molar-refractivity contribution in [2.45, 2.75) is 45.1 Å². The molecule has 0 spiro atoms. The number of fused-ring (bicyclic) bond motifs is 1. The van der Waals surface area contributed by atoms with Gasteiger partial charge in [0.1, 0.15) is 16.2 Å². The fourth-order valence-electron chi connectivity index (χ4n) is 5.35. The SMILES string of the molecule is CCCc1c2nc(-c3cc(S(=O)(=O)N4CCN(CC)CC4)cnc3OCC)[nH]c(=O)c2nn1CCN1CCOCC1. The number of aryl methyl sites for hydroxylation is 1. The van der Waals surface area contributed by atoms with Crippen LogP contribution in [0.1, 0.15) is 32.9 Å². The molecular formula is C27H40N8O5S. The Balaban J connectivity index is 1.52. The highest BCUT2D eigenvalue weighted by atomic mass is 32.2. The topological polar surface area (TPSA) is 139 Å². The predicted molar refractivity (Wildman–Crippen MR) is 155 cm³/mol. The molecule has 2 aliphatic heterocycles. The molecule has 3 aromatic heterocycles. The van der Waals surface area contributed by atoms with Crippen molar-refractivity contribution in [2.24, 2.45) is 0 Å². The Morgan fingerprint density at radius 2 is 1.76 bits per heavy atom. The molecule has 13 nitrogen and oxygen atoms in total. The van der Waals surface area contributed by atoms with Crippen LogP contribution in [0.2, 0.25) is 0 Å². The molecule has 3 aromatic rings. The number of hydrogen-bond donors (Lipinski definition) is 1. The normalized spacial score (nSPS) is 17.8. The van der Waals surface area contributed by atoms with Gasteiger partial charge in [0, 0.05) is 45.8 Å². The van der Waals surface area contributed by atoms with Gasteiger partial charge in [0.15, 0.2) is 5.52 Å². The zero-order valence-electron chi connectivity index (χ0n) is 24.1. The highest BCUT2D eigenvalue weighted by Gasteiger charge is 2.30. The molecule has 2 fully saturated rings. The van der Waals surface area contributed by atoms with E-state index in [4.69, 9.17) is 14.5 Å². The summed E-state index contributed by atoms with van der Waals surface area (Å²) < 4.78 is 41.7. The summed E-state index contributed by atoms with van der Waals surface area (Å²) in [5.41, 5.74) is 1.59. The standard InChI is InChI=1S/C27H40N8O5S/c1-4-7-22-23-24(31-35(22)13-10-33-14-16-39-17-15-33)26(36)30-25(29-23)21-18-20(19-28-27(21)40-6-3)41(37,38)34-11-8-32(5-2)9-12-34/h18-19H,4-17H2,1-3H3,(H,29,30,36). The average molecular weight is 589 g/mol. The number of morpholine rings is 1. The van der Waals surface area contributed by atoms with Crippen LogP contribution in [0, 0.1) is 0 Å². The maximum atomic E-state index is 13.6. The van der Waals surface area contributed by atoms with Gasteiger partial charge in [0.25, 0.3) is 5.56 Å². The number of nitrogens with one attached hydrogen (secondary N) is 1. The van der Waals surface area contributed by atoms with E-state index in [1.165, 1.54) is 16.6 Å². The summed E-state index contributed by atoms with van der Waals surface area (Å²) in [6.45, 7) is 13.9. The number of H-pyrrole nitrogens is 1. The van der Waals surface area contributed by atoms with Gasteiger partial charge in [0.05, 0.1) is 43.8 Å². The van der Waals surface area contributed by atoms with Crippen molar-refractivity contribution in [2.75, 3.05) is 72.2 Å². The molecule has 2 aliphatic rings. The molecular weight excluding hydrogens is 548 g/mol. The smallest absolute Gasteiger partial charge is 0.279 e. The van der Waals surface area contributed by atoms with Gasteiger partial charge in [-0.1, -0.05) is 20.3 Å². The predicted octanol–water partition coefficient (Wildman–Crippen LogP) is 1.19. The maximum absolute atomic E-state index is 13.6. The van der Waals surface area contributed by atoms with Crippen molar-refractivity contribution in [3.05, 3.63) is 28.3 Å². The second-order valence-corrected chi connectivity index (χ2v) is 12.2. The Hall–Kier alpha value is -2.91. The van der Waals surface area contributed by atoms with Crippen LogP contribution < -0.4 is 10.3 Å². The summed E-state index contributed by atoms with van der Waals surface area (Å²) in [6, 6.07) is 1.51. The number of hydrogen-bond acceptors (Lipinski definition) is 10. The van der Waals surface area contributed by atoms with E-state index in [1.807, 2.05) is 11.6 Å². The molecule has 41 heavy (non-hydrogen) atoms. The molecule has 0 aromatic carbocycles. The van der Waals surface area contributed by atoms with E-state index >= 15 is 0 Å². The van der Waals surface area contributed by atoms with E-state index < -0.39 is 10.0 Å². The third-order valence-corrected chi connectivity index (χ3v) is 9.56. The van der Waals surface area contributed by atoms with Crippen LogP contribution in [0.15, 0.2) is 22.0 Å². The fraction of sp³-hybridized carbons (Fsp3) is 0.630. The van der Waals surface area contributed by atoms with Crippen molar-refractivity contribution >= 4 is 21.1 Å². The third-order valence-electron chi connectivity index (χ3n) is 7.70. The van der Waals surface area contributed by atoms with Crippen LogP contribution in [0.5, 0.6) is 5.88 Å². The van der Waals surface area contributed by atoms with Crippen molar-refractivity contribution in [1.29, 1.82) is 0 Å². The minimum Gasteiger partial charge on any atom is -0.477 e. The second kappa shape index (κ2) is 12.9. The zero-order chi connectivity index (χ0) is 29.0. The lowest BCUT2D eigenvalue weighted by molar-refractivity contribution is 0.0359. The number of sulfonamides is 1. The number of nitrogens with zero attached hydrogens (tertiary/aromatic N) is 7. The zero-order valence-corrected chi connectivity index (χ0v) is 25.0. The monoisotopic (exact) mass is 588 g/mol. The fourth-order valence-corrected chi connectivity index (χ4v) is 6.75. The molecule has 0 saturated carbocycles. The number of aromatic nitrogens is 5. The largest absolute Gasteiger partial charge is 0.477 e. The molecule has 0 aliphatic carbocycles. The summed E-state index contributed by atoms with van der Waals surface area (Å²) in [7, 11) is -3.80. The first kappa shape index (κ1) is 29.6. The Kier molecular flexibility index (Phi) is 9.34. The molecule has 0 radical (unpaired) electrons. The molecule has 2 saturated heterocycles. The molecule has 0 amide bonds. The van der Waals surface area contributed by atoms with Gasteiger partial charge < -0.3 is 19.4 Å². The molecule has 1 N–H and O–H groups in total. The van der Waals surface area contributed by atoms with E-state index in [0.717, 1.165) is 38.3 Å². The number of pyridine rings is 1. The summed E-state index contributed by atoms with van der Waals surface area (Å²) in [5, 5.41) is 4.64. The van der Waals surface area contributed by atoms with Gasteiger partial charge in [-0.15, -0.1) is 0 Å². The van der Waals surface area contributed by atoms with Crippen LogP contribution >= 0.6 is 0 Å². The van der Waals surface area contributed by atoms with Crippen molar-refractivity contribution < 1.29 is 17.9 Å². The first-order valence-electron chi connectivity index (χ1n) is 14.5. The van der Waals surface area contributed by atoms with Crippen LogP contribution in [0.4, 0.5) is 0 Å². The Morgan fingerprint density at radius 3 is 2.44 bits per heavy atom. The molecule has 224 valence electrons. The highest BCUT2D eigenvalue weighted by molar-refractivity contribution is 7.89. The summed E-state index contributed by atoms with van der Waals surface area (Å²) in [6.07, 6.45) is 2.87. The Labute approximate surface area is 240 Å². The lowest BCUT2D eigenvalue weighted by atomic mass is 10.2. The number of rotatable bonds is 11. The highest BCUT2D eigenvalue weighted by Crippen LogP contribution is 2.30. The number of aromatic amines is 1. The van der Waals surface area contributed by atoms with Crippen LogP contribution in [-0.2, 0) is 27.7 Å². The number of ether oxygens (including phenoxy) is 2. The first-order valence-corrected chi connectivity index (χ1v) is 15.9. The Bertz CT molecular complexity index is 1510. The van der Waals surface area contributed by atoms with Gasteiger partial charge in [-0.2, -0.15) is 9.40 Å². The van der Waals surface area contributed by atoms with E-state index in [2.05, 4.69) is 38.7 Å². The molecule has 5 rings (SSSR count). The average Bonchev–Trinajstić information content (AvgIpc) is 3.34. The lowest BCUT2D eigenvalue weighted by Crippen LogP contribution is -2.48. The quantitative estimate of drug-likeness (QED) is 0.348. The minimum atomic E-state index is -3.80. The van der Waals surface area contributed by atoms with Crippen LogP contribution in [0.25, 0.3) is 22.4 Å². The van der Waals surface area contributed by atoms with Crippen molar-refractivity contribution in [1.82, 2.24) is 38.8 Å². The third kappa shape index (κ3) is 6.31. The number of likely N-dealkylation sites (N-methyl/N-ethyl adjacent to an activating group) is 1. The van der Waals surface area contributed by atoms with E-state index in [0.29, 0.717) is 70.0 Å². The molecule has 14 heteroatoms. The second-order valence-electron chi connectivity index (χ2n) is 10.3. The van der Waals surface area contributed by atoms with Gasteiger partial charge in [-0.25, -0.2) is 18.4 Å². The van der Waals surface area contributed by atoms with Crippen LogP contribution in [-0.4, -0.2) is 119 Å². The summed E-state index contributed by atoms with van der Waals surface area (Å²) in [5.74, 6) is 0.415. The van der Waals surface area contributed by atoms with Crippen molar-refractivity contribution in [3.8, 4) is 17.3 Å². The molecule has 5 heterocycles. The van der Waals surface area contributed by atoms with E-state index in [9.17, 15) is 13.2 Å². The van der Waals surface area contributed by atoms with Gasteiger partial charge in [-0.05, 0) is 26.0 Å².